The smallest absolute Gasteiger partial charge is 0.194 e. The van der Waals surface area contributed by atoms with Gasteiger partial charge in [-0.25, -0.2) is 4.98 Å². The maximum Gasteiger partial charge on any atom is 0.194 e. The molecule has 114 valence electrons. The lowest BCUT2D eigenvalue weighted by Gasteiger charge is -2.02. The third kappa shape index (κ3) is 5.21. The summed E-state index contributed by atoms with van der Waals surface area (Å²) in [5, 5.41) is 3.30. The zero-order chi connectivity index (χ0) is 15.1. The first-order valence-corrected chi connectivity index (χ1v) is 8.39. The maximum atomic E-state index is 5.81. The summed E-state index contributed by atoms with van der Waals surface area (Å²) in [7, 11) is 1.70. The van der Waals surface area contributed by atoms with E-state index in [4.69, 9.17) is 9.15 Å². The predicted octanol–water partition coefficient (Wildman–Crippen LogP) is 4.04. The largest absolute Gasteiger partial charge is 0.441 e. The highest BCUT2D eigenvalue weighted by molar-refractivity contribution is 9.11. The van der Waals surface area contributed by atoms with Crippen LogP contribution < -0.4 is 5.32 Å². The number of aryl methyl sites for hydroxylation is 1. The minimum atomic E-state index is 0.737. The van der Waals surface area contributed by atoms with Crippen molar-refractivity contribution in [1.82, 2.24) is 10.3 Å². The first kappa shape index (κ1) is 16.7. The van der Waals surface area contributed by atoms with Gasteiger partial charge in [0.2, 0.25) is 0 Å². The van der Waals surface area contributed by atoms with E-state index in [9.17, 15) is 0 Å². The van der Waals surface area contributed by atoms with E-state index in [2.05, 4.69) is 42.2 Å². The molecular formula is C15H18Br2N2O2. The molecule has 0 atom stereocenters. The summed E-state index contributed by atoms with van der Waals surface area (Å²) < 4.78 is 12.8. The van der Waals surface area contributed by atoms with Crippen LogP contribution in [0.4, 0.5) is 0 Å². The lowest BCUT2D eigenvalue weighted by atomic mass is 10.2. The van der Waals surface area contributed by atoms with Gasteiger partial charge in [-0.15, -0.1) is 0 Å². The molecule has 0 saturated carbocycles. The van der Waals surface area contributed by atoms with Gasteiger partial charge in [-0.3, -0.25) is 0 Å². The van der Waals surface area contributed by atoms with Crippen molar-refractivity contribution in [2.45, 2.75) is 12.8 Å². The molecule has 0 aliphatic heterocycles. The molecule has 1 aromatic carbocycles. The number of aromatic nitrogens is 1. The summed E-state index contributed by atoms with van der Waals surface area (Å²) in [5.74, 6) is 1.56. The molecular weight excluding hydrogens is 400 g/mol. The lowest BCUT2D eigenvalue weighted by Crippen LogP contribution is -2.20. The number of hydrogen-bond acceptors (Lipinski definition) is 4. The standard InChI is InChI=1S/C15H18Br2N2O2/c1-20-8-7-18-6-2-3-15-19-10-14(21-15)12-5-4-11(16)9-13(12)17/h4-5,9-10,18H,2-3,6-8H2,1H3. The molecule has 1 aromatic heterocycles. The van der Waals surface area contributed by atoms with Crippen molar-refractivity contribution in [3.8, 4) is 11.3 Å². The molecule has 6 heteroatoms. The topological polar surface area (TPSA) is 47.3 Å². The molecule has 2 aromatic rings. The second-order valence-corrected chi connectivity index (χ2v) is 6.36. The zero-order valence-electron chi connectivity index (χ0n) is 11.9. The predicted molar refractivity (Wildman–Crippen MR) is 90.4 cm³/mol. The van der Waals surface area contributed by atoms with Crippen molar-refractivity contribution in [3.63, 3.8) is 0 Å². The van der Waals surface area contributed by atoms with Gasteiger partial charge in [0.1, 0.15) is 0 Å². The van der Waals surface area contributed by atoms with Crippen LogP contribution in [0.1, 0.15) is 12.3 Å². The SMILES string of the molecule is COCCNCCCc1ncc(-c2ccc(Br)cc2Br)o1. The van der Waals surface area contributed by atoms with E-state index in [-0.39, 0.29) is 0 Å². The first-order valence-electron chi connectivity index (χ1n) is 6.80. The average Bonchev–Trinajstić information content (AvgIpc) is 2.91. The Balaban J connectivity index is 1.86. The Bertz CT molecular complexity index is 573. The summed E-state index contributed by atoms with van der Waals surface area (Å²) in [6.07, 6.45) is 3.60. The molecule has 1 N–H and O–H groups in total. The highest BCUT2D eigenvalue weighted by atomic mass is 79.9. The van der Waals surface area contributed by atoms with E-state index in [0.29, 0.717) is 0 Å². The number of oxazole rings is 1. The van der Waals surface area contributed by atoms with Gasteiger partial charge in [-0.2, -0.15) is 0 Å². The quantitative estimate of drug-likeness (QED) is 0.658. The molecule has 0 radical (unpaired) electrons. The van der Waals surface area contributed by atoms with E-state index in [1.807, 2.05) is 18.2 Å². The number of halogens is 2. The van der Waals surface area contributed by atoms with Gasteiger partial charge in [0, 0.05) is 34.6 Å². The Morgan fingerprint density at radius 3 is 2.90 bits per heavy atom. The Labute approximate surface area is 141 Å². The minimum absolute atomic E-state index is 0.737. The van der Waals surface area contributed by atoms with Crippen LogP contribution in [-0.4, -0.2) is 31.8 Å². The number of hydrogen-bond donors (Lipinski definition) is 1. The van der Waals surface area contributed by atoms with Crippen molar-refractivity contribution in [2.24, 2.45) is 0 Å². The number of rotatable bonds is 8. The molecule has 1 heterocycles. The van der Waals surface area contributed by atoms with Gasteiger partial charge >= 0.3 is 0 Å². The molecule has 0 aliphatic carbocycles. The molecule has 0 spiro atoms. The van der Waals surface area contributed by atoms with E-state index in [1.54, 1.807) is 13.3 Å². The molecule has 2 rings (SSSR count). The normalized spacial score (nSPS) is 11.0. The van der Waals surface area contributed by atoms with Gasteiger partial charge in [0.25, 0.3) is 0 Å². The van der Waals surface area contributed by atoms with Crippen molar-refractivity contribution in [2.75, 3.05) is 26.8 Å². The third-order valence-corrected chi connectivity index (χ3v) is 4.13. The van der Waals surface area contributed by atoms with Gasteiger partial charge in [0.05, 0.1) is 12.8 Å². The second kappa shape index (κ2) is 8.68. The average molecular weight is 418 g/mol. The van der Waals surface area contributed by atoms with Crippen LogP contribution in [0.3, 0.4) is 0 Å². The molecule has 0 fully saturated rings. The Morgan fingerprint density at radius 2 is 2.14 bits per heavy atom. The van der Waals surface area contributed by atoms with Gasteiger partial charge in [-0.05, 0) is 47.1 Å². The van der Waals surface area contributed by atoms with Crippen LogP contribution in [0.5, 0.6) is 0 Å². The van der Waals surface area contributed by atoms with Crippen molar-refractivity contribution in [3.05, 3.63) is 39.2 Å². The fourth-order valence-electron chi connectivity index (χ4n) is 1.90. The lowest BCUT2D eigenvalue weighted by molar-refractivity contribution is 0.199. The van der Waals surface area contributed by atoms with Gasteiger partial charge < -0.3 is 14.5 Å². The van der Waals surface area contributed by atoms with Crippen LogP contribution >= 0.6 is 31.9 Å². The minimum Gasteiger partial charge on any atom is -0.441 e. The van der Waals surface area contributed by atoms with Gasteiger partial charge in [0.15, 0.2) is 11.7 Å². The summed E-state index contributed by atoms with van der Waals surface area (Å²) in [4.78, 5) is 4.34. The second-order valence-electron chi connectivity index (χ2n) is 4.59. The van der Waals surface area contributed by atoms with Crippen LogP contribution in [0, 0.1) is 0 Å². The highest BCUT2D eigenvalue weighted by Crippen LogP contribution is 2.31. The number of methoxy groups -OCH3 is 1. The number of nitrogens with zero attached hydrogens (tertiary/aromatic N) is 1. The maximum absolute atomic E-state index is 5.81. The first-order chi connectivity index (χ1) is 10.2. The Kier molecular flexibility index (Phi) is 6.89. The van der Waals surface area contributed by atoms with Crippen LogP contribution in [-0.2, 0) is 11.2 Å². The fraction of sp³-hybridized carbons (Fsp3) is 0.400. The van der Waals surface area contributed by atoms with Crippen molar-refractivity contribution < 1.29 is 9.15 Å². The number of ether oxygens (including phenoxy) is 1. The summed E-state index contributed by atoms with van der Waals surface area (Å²) in [5.41, 5.74) is 1.01. The molecule has 0 unspecified atom stereocenters. The van der Waals surface area contributed by atoms with Crippen molar-refractivity contribution >= 4 is 31.9 Å². The van der Waals surface area contributed by atoms with E-state index < -0.39 is 0 Å². The van der Waals surface area contributed by atoms with E-state index in [0.717, 1.165) is 58.7 Å². The third-order valence-electron chi connectivity index (χ3n) is 2.98. The summed E-state index contributed by atoms with van der Waals surface area (Å²) in [6, 6.07) is 5.99. The van der Waals surface area contributed by atoms with Crippen molar-refractivity contribution in [1.29, 1.82) is 0 Å². The zero-order valence-corrected chi connectivity index (χ0v) is 15.0. The fourth-order valence-corrected chi connectivity index (χ4v) is 3.15. The molecule has 0 aliphatic rings. The van der Waals surface area contributed by atoms with E-state index >= 15 is 0 Å². The van der Waals surface area contributed by atoms with Gasteiger partial charge in [-0.1, -0.05) is 15.9 Å². The molecule has 0 saturated heterocycles. The van der Waals surface area contributed by atoms with Crippen LogP contribution in [0.2, 0.25) is 0 Å². The van der Waals surface area contributed by atoms with Crippen LogP contribution in [0.15, 0.2) is 37.8 Å². The number of nitrogens with one attached hydrogen (secondary N) is 1. The molecule has 21 heavy (non-hydrogen) atoms. The summed E-state index contributed by atoms with van der Waals surface area (Å²) in [6.45, 7) is 2.54. The molecule has 4 nitrogen and oxygen atoms in total. The monoisotopic (exact) mass is 416 g/mol. The van der Waals surface area contributed by atoms with E-state index in [1.165, 1.54) is 0 Å². The highest BCUT2D eigenvalue weighted by Gasteiger charge is 2.09. The van der Waals surface area contributed by atoms with Crippen LogP contribution in [0.25, 0.3) is 11.3 Å². The molecule has 0 bridgehead atoms. The Hall–Kier alpha value is -0.690. The number of benzene rings is 1. The molecule has 0 amide bonds. The summed E-state index contributed by atoms with van der Waals surface area (Å²) >= 11 is 6.98. The Morgan fingerprint density at radius 1 is 1.29 bits per heavy atom.